The third-order valence-electron chi connectivity index (χ3n) is 4.75. The Bertz CT molecular complexity index is 867. The molecule has 1 aliphatic heterocycles. The second kappa shape index (κ2) is 10.8. The molecule has 0 spiro atoms. The average molecular weight is 464 g/mol. The molecule has 0 aromatic heterocycles. The van der Waals surface area contributed by atoms with Gasteiger partial charge in [-0.05, 0) is 30.9 Å². The van der Waals surface area contributed by atoms with Gasteiger partial charge in [-0.2, -0.15) is 16.1 Å². The van der Waals surface area contributed by atoms with E-state index >= 15 is 0 Å². The highest BCUT2D eigenvalue weighted by atomic mass is 32.2. The van der Waals surface area contributed by atoms with E-state index in [9.17, 15) is 21.6 Å². The van der Waals surface area contributed by atoms with Gasteiger partial charge in [0.05, 0.1) is 11.5 Å². The zero-order chi connectivity index (χ0) is 21.5. The first kappa shape index (κ1) is 24.1. The van der Waals surface area contributed by atoms with Crippen LogP contribution in [0.2, 0.25) is 0 Å². The van der Waals surface area contributed by atoms with E-state index in [-0.39, 0.29) is 43.6 Å². The number of nitrogens with one attached hydrogen (secondary N) is 1. The van der Waals surface area contributed by atoms with Gasteiger partial charge in [0.25, 0.3) is 0 Å². The van der Waals surface area contributed by atoms with E-state index in [1.807, 2.05) is 12.3 Å². The highest BCUT2D eigenvalue weighted by molar-refractivity contribution is 7.98. The van der Waals surface area contributed by atoms with Gasteiger partial charge in [0.2, 0.25) is 26.0 Å². The first-order valence-corrected chi connectivity index (χ1v) is 14.1. The molecule has 1 aromatic rings. The van der Waals surface area contributed by atoms with E-state index < -0.39 is 26.1 Å². The summed E-state index contributed by atoms with van der Waals surface area (Å²) < 4.78 is 53.1. The lowest BCUT2D eigenvalue weighted by Gasteiger charge is -2.36. The molecular weight excluding hydrogens is 434 g/mol. The van der Waals surface area contributed by atoms with Crippen molar-refractivity contribution in [3.8, 4) is 0 Å². The van der Waals surface area contributed by atoms with Crippen LogP contribution >= 0.6 is 11.8 Å². The maximum Gasteiger partial charge on any atom is 0.240 e. The Morgan fingerprint density at radius 1 is 1.10 bits per heavy atom. The van der Waals surface area contributed by atoms with Crippen LogP contribution in [0.4, 0.5) is 0 Å². The standard InChI is InChI=1S/C18H29N3O5S3/c1-3-28(23,24)19-17(9-14-27-2)18(22)20-10-12-21(13-11-20)29(25,26)15-16-7-5-4-6-8-16/h4-8,17,19H,3,9-15H2,1-2H3. The van der Waals surface area contributed by atoms with Crippen LogP contribution in [0, 0.1) is 0 Å². The quantitative estimate of drug-likeness (QED) is 0.548. The predicted molar refractivity (Wildman–Crippen MR) is 117 cm³/mol. The van der Waals surface area contributed by atoms with Gasteiger partial charge >= 0.3 is 0 Å². The lowest BCUT2D eigenvalue weighted by Crippen LogP contribution is -2.56. The van der Waals surface area contributed by atoms with Gasteiger partial charge in [-0.3, -0.25) is 4.79 Å². The van der Waals surface area contributed by atoms with E-state index in [2.05, 4.69) is 4.72 Å². The molecule has 8 nitrogen and oxygen atoms in total. The van der Waals surface area contributed by atoms with Crippen LogP contribution in [0.15, 0.2) is 30.3 Å². The monoisotopic (exact) mass is 463 g/mol. The van der Waals surface area contributed by atoms with E-state index in [1.54, 1.807) is 29.2 Å². The minimum absolute atomic E-state index is 0.0750. The summed E-state index contributed by atoms with van der Waals surface area (Å²) in [6.07, 6.45) is 2.29. The maximum absolute atomic E-state index is 12.9. The number of benzene rings is 1. The van der Waals surface area contributed by atoms with Crippen molar-refractivity contribution in [1.82, 2.24) is 13.9 Å². The Labute approximate surface area is 178 Å². The SMILES string of the molecule is CCS(=O)(=O)NC(CCSC)C(=O)N1CCN(S(=O)(=O)Cc2ccccc2)CC1. The molecule has 0 bridgehead atoms. The molecule has 1 heterocycles. The first-order chi connectivity index (χ1) is 13.7. The predicted octanol–water partition coefficient (Wildman–Crippen LogP) is 0.722. The summed E-state index contributed by atoms with van der Waals surface area (Å²) in [5.74, 6) is 0.181. The van der Waals surface area contributed by atoms with Crippen molar-refractivity contribution in [2.45, 2.75) is 25.1 Å². The average Bonchev–Trinajstić information content (AvgIpc) is 2.71. The van der Waals surface area contributed by atoms with Crippen LogP contribution < -0.4 is 4.72 Å². The Morgan fingerprint density at radius 3 is 2.28 bits per heavy atom. The van der Waals surface area contributed by atoms with E-state index in [4.69, 9.17) is 0 Å². The second-order valence-electron chi connectivity index (χ2n) is 6.82. The minimum Gasteiger partial charge on any atom is -0.339 e. The smallest absolute Gasteiger partial charge is 0.240 e. The summed E-state index contributed by atoms with van der Waals surface area (Å²) >= 11 is 1.54. The zero-order valence-corrected chi connectivity index (χ0v) is 19.2. The van der Waals surface area contributed by atoms with Gasteiger partial charge in [0.1, 0.15) is 6.04 Å². The van der Waals surface area contributed by atoms with Gasteiger partial charge in [-0.15, -0.1) is 0 Å². The van der Waals surface area contributed by atoms with Gasteiger partial charge in [-0.1, -0.05) is 30.3 Å². The summed E-state index contributed by atoms with van der Waals surface area (Å²) in [7, 11) is -6.99. The van der Waals surface area contributed by atoms with Gasteiger partial charge in [0.15, 0.2) is 0 Å². The molecule has 11 heteroatoms. The van der Waals surface area contributed by atoms with Crippen LogP contribution in [0.1, 0.15) is 18.9 Å². The number of thioether (sulfide) groups is 1. The first-order valence-electron chi connectivity index (χ1n) is 9.48. The van der Waals surface area contributed by atoms with E-state index in [1.165, 1.54) is 23.0 Å². The molecular formula is C18H29N3O5S3. The van der Waals surface area contributed by atoms with Crippen molar-refractivity contribution in [2.75, 3.05) is 43.9 Å². The molecule has 1 N–H and O–H groups in total. The number of hydrogen-bond acceptors (Lipinski definition) is 6. The third-order valence-corrected chi connectivity index (χ3v) is 8.64. The fourth-order valence-corrected chi connectivity index (χ4v) is 5.86. The minimum atomic E-state index is -3.51. The van der Waals surface area contributed by atoms with Crippen LogP contribution in [-0.2, 0) is 30.6 Å². The molecule has 2 rings (SSSR count). The Hall–Kier alpha value is -1.14. The molecule has 1 saturated heterocycles. The van der Waals surface area contributed by atoms with E-state index in [0.717, 1.165) is 5.56 Å². The topological polar surface area (TPSA) is 104 Å². The molecule has 1 aliphatic rings. The van der Waals surface area contributed by atoms with Crippen LogP contribution in [0.25, 0.3) is 0 Å². The molecule has 1 atom stereocenters. The van der Waals surface area contributed by atoms with Gasteiger partial charge in [0, 0.05) is 26.2 Å². The summed E-state index contributed by atoms with van der Waals surface area (Å²) in [6.45, 7) is 2.43. The Kier molecular flexibility index (Phi) is 8.95. The maximum atomic E-state index is 12.9. The fraction of sp³-hybridized carbons (Fsp3) is 0.611. The van der Waals surface area contributed by atoms with Crippen molar-refractivity contribution in [3.05, 3.63) is 35.9 Å². The largest absolute Gasteiger partial charge is 0.339 e. The normalized spacial score (nSPS) is 17.2. The van der Waals surface area contributed by atoms with Gasteiger partial charge < -0.3 is 4.90 Å². The third kappa shape index (κ3) is 7.25. The fourth-order valence-electron chi connectivity index (χ4n) is 3.05. The molecule has 164 valence electrons. The Morgan fingerprint density at radius 2 is 1.72 bits per heavy atom. The van der Waals surface area contributed by atoms with E-state index in [0.29, 0.717) is 12.2 Å². The van der Waals surface area contributed by atoms with Crippen LogP contribution in [0.5, 0.6) is 0 Å². The molecule has 0 radical (unpaired) electrons. The highest BCUT2D eigenvalue weighted by Gasteiger charge is 2.33. The molecule has 1 unspecified atom stereocenters. The molecule has 0 saturated carbocycles. The lowest BCUT2D eigenvalue weighted by atomic mass is 10.2. The highest BCUT2D eigenvalue weighted by Crippen LogP contribution is 2.15. The molecule has 1 aromatic carbocycles. The van der Waals surface area contributed by atoms with Crippen molar-refractivity contribution >= 4 is 37.7 Å². The van der Waals surface area contributed by atoms with Crippen molar-refractivity contribution in [2.24, 2.45) is 0 Å². The van der Waals surface area contributed by atoms with Crippen LogP contribution in [-0.4, -0.2) is 81.9 Å². The zero-order valence-electron chi connectivity index (χ0n) is 16.8. The molecule has 1 fully saturated rings. The number of nitrogens with zero attached hydrogens (tertiary/aromatic N) is 2. The molecule has 0 aliphatic carbocycles. The van der Waals surface area contributed by atoms with Crippen molar-refractivity contribution < 1.29 is 21.6 Å². The summed E-state index contributed by atoms with van der Waals surface area (Å²) in [5.41, 5.74) is 0.720. The van der Waals surface area contributed by atoms with Crippen LogP contribution in [0.3, 0.4) is 0 Å². The van der Waals surface area contributed by atoms with Crippen molar-refractivity contribution in [3.63, 3.8) is 0 Å². The molecule has 1 amide bonds. The number of carbonyl (C=O) groups excluding carboxylic acids is 1. The number of sulfonamides is 2. The summed E-state index contributed by atoms with van der Waals surface area (Å²) in [6, 6.07) is 8.16. The number of piperazine rings is 1. The molecule has 29 heavy (non-hydrogen) atoms. The number of hydrogen-bond donors (Lipinski definition) is 1. The number of rotatable bonds is 10. The van der Waals surface area contributed by atoms with Crippen molar-refractivity contribution in [1.29, 1.82) is 0 Å². The van der Waals surface area contributed by atoms with Gasteiger partial charge in [-0.25, -0.2) is 21.6 Å². The Balaban J connectivity index is 1.99. The number of carbonyl (C=O) groups is 1. The number of amides is 1. The second-order valence-corrected chi connectivity index (χ2v) is 11.8. The summed E-state index contributed by atoms with van der Waals surface area (Å²) in [5, 5.41) is 0. The lowest BCUT2D eigenvalue weighted by molar-refractivity contribution is -0.134. The summed E-state index contributed by atoms with van der Waals surface area (Å²) in [4.78, 5) is 14.4.